The van der Waals surface area contributed by atoms with Gasteiger partial charge in [0.2, 0.25) is 6.41 Å². The number of rotatable bonds is 16. The minimum atomic E-state index is -0.759. The molecule has 0 saturated carbocycles. The molecule has 53 heavy (non-hydrogen) atoms. The Labute approximate surface area is 312 Å². The second-order valence-corrected chi connectivity index (χ2v) is 13.3. The smallest absolute Gasteiger partial charge is 0.207 e. The minimum Gasteiger partial charge on any atom is -0.359 e. The van der Waals surface area contributed by atoms with Crippen LogP contribution in [0.15, 0.2) is 188 Å². The summed E-state index contributed by atoms with van der Waals surface area (Å²) in [5.41, 5.74) is 6.24. The molecule has 6 aromatic carbocycles. The van der Waals surface area contributed by atoms with Gasteiger partial charge in [-0.2, -0.15) is 5.10 Å². The summed E-state index contributed by atoms with van der Waals surface area (Å²) in [6, 6.07) is 63.7. The Morgan fingerprint density at radius 1 is 0.566 bits per heavy atom. The third-order valence-electron chi connectivity index (χ3n) is 10.2. The van der Waals surface area contributed by atoms with Crippen LogP contribution in [0.1, 0.15) is 57.8 Å². The van der Waals surface area contributed by atoms with E-state index in [-0.39, 0.29) is 6.04 Å². The molecule has 6 heteroatoms. The summed E-state index contributed by atoms with van der Waals surface area (Å²) in [4.78, 5) is 11.4. The Bertz CT molecular complexity index is 1960. The average molecular weight is 696 g/mol. The fraction of sp³-hybridized carbons (Fsp3) is 0.149. The molecule has 0 radical (unpaired) electrons. The summed E-state index contributed by atoms with van der Waals surface area (Å²) in [6.45, 7) is 0.557. The van der Waals surface area contributed by atoms with Gasteiger partial charge in [0.25, 0.3) is 0 Å². The maximum absolute atomic E-state index is 11.4. The van der Waals surface area contributed by atoms with Gasteiger partial charge in [-0.15, -0.1) is 0 Å². The maximum Gasteiger partial charge on any atom is 0.207 e. The SMILES string of the molecule is Cn1ncc(C(CCCNC=O)NC(c2ccccc2)(c2ccccc2)c2ccccc2)c1NC(c1ccccc1)(c1ccccc1)c1ccccc1. The highest BCUT2D eigenvalue weighted by molar-refractivity contribution is 5.61. The molecule has 264 valence electrons. The molecule has 1 amide bonds. The number of hydrogen-bond donors (Lipinski definition) is 3. The second kappa shape index (κ2) is 16.4. The quantitative estimate of drug-likeness (QED) is 0.0537. The molecule has 0 fully saturated rings. The average Bonchev–Trinajstić information content (AvgIpc) is 3.60. The molecule has 1 atom stereocenters. The number of nitrogens with one attached hydrogen (secondary N) is 3. The predicted octanol–water partition coefficient (Wildman–Crippen LogP) is 8.97. The van der Waals surface area contributed by atoms with Crippen LogP contribution < -0.4 is 16.0 Å². The molecule has 0 aliphatic rings. The van der Waals surface area contributed by atoms with E-state index >= 15 is 0 Å². The Balaban J connectivity index is 1.44. The number of hydrogen-bond acceptors (Lipinski definition) is 4. The number of aromatic nitrogens is 2. The molecule has 0 saturated heterocycles. The number of anilines is 1. The first kappa shape index (κ1) is 35.2. The number of carbonyl (C=O) groups is 1. The Kier molecular flexibility index (Phi) is 10.9. The van der Waals surface area contributed by atoms with Gasteiger partial charge in [-0.25, -0.2) is 0 Å². The highest BCUT2D eigenvalue weighted by Crippen LogP contribution is 2.44. The van der Waals surface area contributed by atoms with Gasteiger partial charge in [0, 0.05) is 25.2 Å². The van der Waals surface area contributed by atoms with Crippen LogP contribution in [0.25, 0.3) is 0 Å². The molecular weight excluding hydrogens is 651 g/mol. The third-order valence-corrected chi connectivity index (χ3v) is 10.2. The third kappa shape index (κ3) is 7.14. The molecule has 7 rings (SSSR count). The summed E-state index contributed by atoms with van der Waals surface area (Å²) in [5, 5.41) is 16.2. The van der Waals surface area contributed by atoms with Gasteiger partial charge in [-0.1, -0.05) is 182 Å². The van der Waals surface area contributed by atoms with Gasteiger partial charge in [-0.3, -0.25) is 14.8 Å². The predicted molar refractivity (Wildman–Crippen MR) is 214 cm³/mol. The molecule has 1 unspecified atom stereocenters. The van der Waals surface area contributed by atoms with Gasteiger partial charge >= 0.3 is 0 Å². The first-order valence-electron chi connectivity index (χ1n) is 18.2. The lowest BCUT2D eigenvalue weighted by Gasteiger charge is -2.41. The standard InChI is InChI=1S/C47H45N5O/c1-52-45(51-47(40-27-14-5-15-28-40,41-29-16-6-17-30-41)42-31-18-7-19-32-42)43(35-49-52)44(33-20-34-48-36-53)50-46(37-21-8-2-9-22-37,38-23-10-3-11-24-38)39-25-12-4-13-26-39/h2-19,21-32,35-36,44,50-51H,20,33-34H2,1H3,(H,48,53). The summed E-state index contributed by atoms with van der Waals surface area (Å²) >= 11 is 0. The van der Waals surface area contributed by atoms with Gasteiger partial charge in [0.1, 0.15) is 11.4 Å². The molecular formula is C47H45N5O. The molecule has 6 nitrogen and oxygen atoms in total. The summed E-state index contributed by atoms with van der Waals surface area (Å²) in [7, 11) is 2.00. The molecule has 0 bridgehead atoms. The van der Waals surface area contributed by atoms with E-state index in [1.807, 2.05) is 17.9 Å². The molecule has 3 N–H and O–H groups in total. The van der Waals surface area contributed by atoms with Crippen molar-refractivity contribution < 1.29 is 4.79 Å². The number of benzene rings is 6. The van der Waals surface area contributed by atoms with Gasteiger partial charge in [-0.05, 0) is 46.2 Å². The topological polar surface area (TPSA) is 71.0 Å². The second-order valence-electron chi connectivity index (χ2n) is 13.3. The van der Waals surface area contributed by atoms with E-state index in [0.717, 1.165) is 64.0 Å². The lowest BCUT2D eigenvalue weighted by molar-refractivity contribution is -0.109. The van der Waals surface area contributed by atoms with Gasteiger partial charge in [0.15, 0.2) is 0 Å². The monoisotopic (exact) mass is 695 g/mol. The van der Waals surface area contributed by atoms with Crippen LogP contribution in [-0.4, -0.2) is 22.7 Å². The van der Waals surface area contributed by atoms with E-state index in [4.69, 9.17) is 5.10 Å². The highest BCUT2D eigenvalue weighted by Gasteiger charge is 2.41. The normalized spacial score (nSPS) is 12.2. The van der Waals surface area contributed by atoms with Crippen LogP contribution >= 0.6 is 0 Å². The van der Waals surface area contributed by atoms with Crippen molar-refractivity contribution >= 4 is 12.2 Å². The van der Waals surface area contributed by atoms with Crippen LogP contribution in [0.3, 0.4) is 0 Å². The van der Waals surface area contributed by atoms with Crippen LogP contribution in [0, 0.1) is 0 Å². The molecule has 0 aliphatic heterocycles. The van der Waals surface area contributed by atoms with Crippen molar-refractivity contribution in [3.8, 4) is 0 Å². The zero-order valence-corrected chi connectivity index (χ0v) is 30.0. The fourth-order valence-corrected chi connectivity index (χ4v) is 7.67. The zero-order chi connectivity index (χ0) is 36.4. The number of amides is 1. The lowest BCUT2D eigenvalue weighted by Crippen LogP contribution is -2.47. The number of carbonyl (C=O) groups excluding carboxylic acids is 1. The molecule has 7 aromatic rings. The van der Waals surface area contributed by atoms with E-state index in [1.165, 1.54) is 0 Å². The summed E-state index contributed by atoms with van der Waals surface area (Å²) < 4.78 is 1.95. The zero-order valence-electron chi connectivity index (χ0n) is 30.0. The van der Waals surface area contributed by atoms with E-state index in [2.05, 4.69) is 198 Å². The maximum atomic E-state index is 11.4. The molecule has 0 aliphatic carbocycles. The van der Waals surface area contributed by atoms with Crippen molar-refractivity contribution in [1.82, 2.24) is 20.4 Å². The minimum absolute atomic E-state index is 0.208. The highest BCUT2D eigenvalue weighted by atomic mass is 16.1. The van der Waals surface area contributed by atoms with E-state index in [0.29, 0.717) is 6.54 Å². The number of aryl methyl sites for hydroxylation is 1. The van der Waals surface area contributed by atoms with Gasteiger partial charge in [0.05, 0.1) is 11.7 Å². The van der Waals surface area contributed by atoms with Crippen molar-refractivity contribution in [2.24, 2.45) is 7.05 Å². The fourth-order valence-electron chi connectivity index (χ4n) is 7.67. The Morgan fingerprint density at radius 3 is 1.28 bits per heavy atom. The van der Waals surface area contributed by atoms with E-state index < -0.39 is 11.1 Å². The van der Waals surface area contributed by atoms with Crippen molar-refractivity contribution in [3.63, 3.8) is 0 Å². The van der Waals surface area contributed by atoms with Gasteiger partial charge < -0.3 is 10.6 Å². The number of nitrogens with zero attached hydrogens (tertiary/aromatic N) is 2. The van der Waals surface area contributed by atoms with E-state index in [1.54, 1.807) is 0 Å². The first-order valence-corrected chi connectivity index (χ1v) is 18.2. The first-order chi connectivity index (χ1) is 26.2. The molecule has 1 aromatic heterocycles. The lowest BCUT2D eigenvalue weighted by atomic mass is 9.75. The Hall–Kier alpha value is -6.24. The molecule has 0 spiro atoms. The van der Waals surface area contributed by atoms with Crippen LogP contribution in [0.2, 0.25) is 0 Å². The Morgan fingerprint density at radius 2 is 0.925 bits per heavy atom. The van der Waals surface area contributed by atoms with Crippen LogP contribution in [-0.2, 0) is 22.9 Å². The van der Waals surface area contributed by atoms with Crippen molar-refractivity contribution in [3.05, 3.63) is 227 Å². The van der Waals surface area contributed by atoms with Crippen LogP contribution in [0.5, 0.6) is 0 Å². The van der Waals surface area contributed by atoms with E-state index in [9.17, 15) is 4.79 Å². The van der Waals surface area contributed by atoms with Crippen molar-refractivity contribution in [1.29, 1.82) is 0 Å². The largest absolute Gasteiger partial charge is 0.359 e. The van der Waals surface area contributed by atoms with Crippen LogP contribution in [0.4, 0.5) is 5.82 Å². The summed E-state index contributed by atoms with van der Waals surface area (Å²) in [5.74, 6) is 0.894. The van der Waals surface area contributed by atoms with Crippen molar-refractivity contribution in [2.45, 2.75) is 30.0 Å². The molecule has 1 heterocycles. The van der Waals surface area contributed by atoms with Crippen molar-refractivity contribution in [2.75, 3.05) is 11.9 Å². The summed E-state index contributed by atoms with van der Waals surface area (Å²) in [6.07, 6.45) is 4.24.